The van der Waals surface area contributed by atoms with Crippen molar-refractivity contribution in [3.8, 4) is 0 Å². The molecular weight excluding hydrogens is 366 g/mol. The monoisotopic (exact) mass is 387 g/mol. The number of sulfone groups is 1. The van der Waals surface area contributed by atoms with Gasteiger partial charge in [0.15, 0.2) is 9.84 Å². The molecule has 0 radical (unpaired) electrons. The lowest BCUT2D eigenvalue weighted by Gasteiger charge is -2.29. The summed E-state index contributed by atoms with van der Waals surface area (Å²) in [6.07, 6.45) is 1.39. The number of para-hydroxylation sites is 2. The van der Waals surface area contributed by atoms with Crippen molar-refractivity contribution >= 4 is 38.7 Å². The molecule has 0 aliphatic carbocycles. The standard InChI is InChI=1S/C19H21N3O4S/c1-13-10-18(23)21-16-8-3-4-9-17(16)22(13)12-19(24)20-14-6-5-7-15(11-14)27(2,25)26/h3-9,11,13H,10,12H2,1-2H3,(H,20,24)(H,21,23). The van der Waals surface area contributed by atoms with Gasteiger partial charge in [-0.05, 0) is 37.3 Å². The van der Waals surface area contributed by atoms with Crippen LogP contribution in [0.3, 0.4) is 0 Å². The van der Waals surface area contributed by atoms with Gasteiger partial charge in [0, 0.05) is 24.4 Å². The highest BCUT2D eigenvalue weighted by Gasteiger charge is 2.26. The van der Waals surface area contributed by atoms with Gasteiger partial charge in [0.1, 0.15) is 0 Å². The molecule has 0 spiro atoms. The fourth-order valence-corrected chi connectivity index (χ4v) is 3.71. The van der Waals surface area contributed by atoms with Crippen LogP contribution >= 0.6 is 0 Å². The SMILES string of the molecule is CC1CC(=O)Nc2ccccc2N1CC(=O)Nc1cccc(S(C)(=O)=O)c1. The maximum absolute atomic E-state index is 12.6. The Balaban J connectivity index is 1.80. The Bertz CT molecular complexity index is 988. The highest BCUT2D eigenvalue weighted by Crippen LogP contribution is 2.31. The van der Waals surface area contributed by atoms with Crippen molar-refractivity contribution < 1.29 is 18.0 Å². The number of amides is 2. The largest absolute Gasteiger partial charge is 0.357 e. The summed E-state index contributed by atoms with van der Waals surface area (Å²) in [4.78, 5) is 26.6. The van der Waals surface area contributed by atoms with E-state index in [1.807, 2.05) is 30.0 Å². The quantitative estimate of drug-likeness (QED) is 0.839. The first-order valence-corrected chi connectivity index (χ1v) is 10.4. The predicted molar refractivity (Wildman–Crippen MR) is 105 cm³/mol. The van der Waals surface area contributed by atoms with E-state index in [4.69, 9.17) is 0 Å². The Labute approximate surface area is 158 Å². The molecule has 2 amide bonds. The van der Waals surface area contributed by atoms with E-state index in [0.717, 1.165) is 11.9 Å². The van der Waals surface area contributed by atoms with Gasteiger partial charge in [-0.15, -0.1) is 0 Å². The van der Waals surface area contributed by atoms with Gasteiger partial charge >= 0.3 is 0 Å². The minimum absolute atomic E-state index is 0.0379. The number of nitrogens with zero attached hydrogens (tertiary/aromatic N) is 1. The first kappa shape index (κ1) is 18.9. The molecule has 0 fully saturated rings. The van der Waals surface area contributed by atoms with Crippen LogP contribution in [0.15, 0.2) is 53.4 Å². The zero-order valence-electron chi connectivity index (χ0n) is 15.1. The van der Waals surface area contributed by atoms with Crippen LogP contribution in [0.2, 0.25) is 0 Å². The summed E-state index contributed by atoms with van der Waals surface area (Å²) in [5.41, 5.74) is 1.85. The van der Waals surface area contributed by atoms with E-state index in [2.05, 4.69) is 10.6 Å². The van der Waals surface area contributed by atoms with E-state index >= 15 is 0 Å². The average molecular weight is 387 g/mol. The maximum atomic E-state index is 12.6. The number of fused-ring (bicyclic) bond motifs is 1. The lowest BCUT2D eigenvalue weighted by molar-refractivity contribution is -0.117. The Kier molecular flexibility index (Phi) is 5.18. The zero-order valence-corrected chi connectivity index (χ0v) is 15.9. The third-order valence-electron chi connectivity index (χ3n) is 4.36. The van der Waals surface area contributed by atoms with Gasteiger partial charge in [0.25, 0.3) is 0 Å². The van der Waals surface area contributed by atoms with E-state index in [-0.39, 0.29) is 35.7 Å². The van der Waals surface area contributed by atoms with Crippen molar-refractivity contribution in [3.63, 3.8) is 0 Å². The van der Waals surface area contributed by atoms with Crippen molar-refractivity contribution in [3.05, 3.63) is 48.5 Å². The topological polar surface area (TPSA) is 95.6 Å². The van der Waals surface area contributed by atoms with Crippen LogP contribution in [0.25, 0.3) is 0 Å². The van der Waals surface area contributed by atoms with Crippen molar-refractivity contribution in [2.45, 2.75) is 24.3 Å². The number of hydrogen-bond acceptors (Lipinski definition) is 5. The smallest absolute Gasteiger partial charge is 0.243 e. The summed E-state index contributed by atoms with van der Waals surface area (Å²) in [5, 5.41) is 5.59. The third kappa shape index (κ3) is 4.46. The number of rotatable bonds is 4. The minimum atomic E-state index is -3.36. The lowest BCUT2D eigenvalue weighted by Crippen LogP contribution is -2.39. The van der Waals surface area contributed by atoms with Gasteiger partial charge in [-0.3, -0.25) is 9.59 Å². The number of hydrogen-bond donors (Lipinski definition) is 2. The van der Waals surface area contributed by atoms with E-state index < -0.39 is 9.84 Å². The molecule has 0 saturated heterocycles. The summed E-state index contributed by atoms with van der Waals surface area (Å²) in [6, 6.07) is 13.3. The van der Waals surface area contributed by atoms with Crippen molar-refractivity contribution in [2.75, 3.05) is 28.3 Å². The Morgan fingerprint density at radius 3 is 2.70 bits per heavy atom. The van der Waals surface area contributed by atoms with Crippen molar-refractivity contribution in [1.29, 1.82) is 0 Å². The van der Waals surface area contributed by atoms with Gasteiger partial charge in [0.05, 0.1) is 22.8 Å². The molecule has 1 aliphatic rings. The zero-order chi connectivity index (χ0) is 19.6. The highest BCUT2D eigenvalue weighted by molar-refractivity contribution is 7.90. The molecule has 1 atom stereocenters. The average Bonchev–Trinajstić information content (AvgIpc) is 2.70. The molecule has 142 valence electrons. The Morgan fingerprint density at radius 1 is 1.22 bits per heavy atom. The molecule has 2 aromatic carbocycles. The number of carbonyl (C=O) groups is 2. The van der Waals surface area contributed by atoms with Crippen molar-refractivity contribution in [1.82, 2.24) is 0 Å². The predicted octanol–water partition coefficient (Wildman–Crippen LogP) is 2.27. The van der Waals surface area contributed by atoms with Gasteiger partial charge in [0.2, 0.25) is 11.8 Å². The van der Waals surface area contributed by atoms with Crippen LogP contribution in [-0.2, 0) is 19.4 Å². The second-order valence-corrected chi connectivity index (χ2v) is 8.61. The molecule has 1 aliphatic heterocycles. The summed E-state index contributed by atoms with van der Waals surface area (Å²) in [7, 11) is -3.36. The van der Waals surface area contributed by atoms with Crippen LogP contribution in [0.4, 0.5) is 17.1 Å². The molecule has 0 bridgehead atoms. The number of anilines is 3. The maximum Gasteiger partial charge on any atom is 0.243 e. The van der Waals surface area contributed by atoms with Crippen LogP contribution < -0.4 is 15.5 Å². The first-order chi connectivity index (χ1) is 12.7. The second kappa shape index (κ2) is 7.40. The van der Waals surface area contributed by atoms with Gasteiger partial charge < -0.3 is 15.5 Å². The molecule has 1 unspecified atom stereocenters. The Morgan fingerprint density at radius 2 is 1.96 bits per heavy atom. The molecule has 0 aromatic heterocycles. The van der Waals surface area contributed by atoms with Gasteiger partial charge in [-0.1, -0.05) is 18.2 Å². The summed E-state index contributed by atoms with van der Waals surface area (Å²) in [5.74, 6) is -0.393. The Hall–Kier alpha value is -2.87. The molecule has 3 rings (SSSR count). The fraction of sp³-hybridized carbons (Fsp3) is 0.263. The summed E-state index contributed by atoms with van der Waals surface area (Å²) < 4.78 is 23.4. The minimum Gasteiger partial charge on any atom is -0.357 e. The molecule has 1 heterocycles. The molecule has 27 heavy (non-hydrogen) atoms. The first-order valence-electron chi connectivity index (χ1n) is 8.49. The van der Waals surface area contributed by atoms with E-state index in [9.17, 15) is 18.0 Å². The normalized spacial score (nSPS) is 16.9. The number of benzene rings is 2. The third-order valence-corrected chi connectivity index (χ3v) is 5.47. The van der Waals surface area contributed by atoms with Crippen molar-refractivity contribution in [2.24, 2.45) is 0 Å². The van der Waals surface area contributed by atoms with Crippen LogP contribution in [-0.4, -0.2) is 39.1 Å². The highest BCUT2D eigenvalue weighted by atomic mass is 32.2. The van der Waals surface area contributed by atoms with E-state index in [1.165, 1.54) is 12.1 Å². The number of nitrogens with one attached hydrogen (secondary N) is 2. The van der Waals surface area contributed by atoms with Crippen LogP contribution in [0.1, 0.15) is 13.3 Å². The molecular formula is C19H21N3O4S. The summed E-state index contributed by atoms with van der Waals surface area (Å²) in [6.45, 7) is 1.93. The lowest BCUT2D eigenvalue weighted by atomic mass is 10.1. The number of carbonyl (C=O) groups excluding carboxylic acids is 2. The molecule has 7 nitrogen and oxygen atoms in total. The molecule has 2 N–H and O–H groups in total. The molecule has 2 aromatic rings. The van der Waals surface area contributed by atoms with Gasteiger partial charge in [-0.25, -0.2) is 8.42 Å². The van der Waals surface area contributed by atoms with E-state index in [0.29, 0.717) is 11.4 Å². The fourth-order valence-electron chi connectivity index (χ4n) is 3.05. The van der Waals surface area contributed by atoms with E-state index in [1.54, 1.807) is 18.2 Å². The molecule has 0 saturated carbocycles. The molecule has 8 heteroatoms. The van der Waals surface area contributed by atoms with Gasteiger partial charge in [-0.2, -0.15) is 0 Å². The van der Waals surface area contributed by atoms with Crippen LogP contribution in [0, 0.1) is 0 Å². The second-order valence-electron chi connectivity index (χ2n) is 6.59. The summed E-state index contributed by atoms with van der Waals surface area (Å²) >= 11 is 0. The van der Waals surface area contributed by atoms with Crippen LogP contribution in [0.5, 0.6) is 0 Å².